The Bertz CT molecular complexity index is 1190. The van der Waals surface area contributed by atoms with E-state index in [2.05, 4.69) is 10.9 Å². The average molecular weight is 480 g/mol. The number of carbonyl (C=O) groups is 2. The number of sulfonamides is 1. The van der Waals surface area contributed by atoms with Crippen LogP contribution in [0.5, 0.6) is 0 Å². The maximum absolute atomic E-state index is 12.5. The lowest BCUT2D eigenvalue weighted by molar-refractivity contribution is -0.121. The quantitative estimate of drug-likeness (QED) is 0.578. The lowest BCUT2D eigenvalue weighted by atomic mass is 10.2. The monoisotopic (exact) mass is 479 g/mol. The molecule has 2 amide bonds. The summed E-state index contributed by atoms with van der Waals surface area (Å²) in [4.78, 5) is 24.4. The molecule has 0 unspecified atom stereocenters. The highest BCUT2D eigenvalue weighted by atomic mass is 32.2. The number of nitrogens with one attached hydrogen (secondary N) is 2. The first-order valence-electron chi connectivity index (χ1n) is 10.1. The fraction of sp³-hybridized carbons (Fsp3) is 0.333. The number of nitrogens with zero attached hydrogens (tertiary/aromatic N) is 1. The number of amides is 2. The van der Waals surface area contributed by atoms with E-state index in [-0.39, 0.29) is 21.8 Å². The zero-order chi connectivity index (χ0) is 23.4. The number of benzene rings is 2. The molecule has 0 radical (unpaired) electrons. The fourth-order valence-electron chi connectivity index (χ4n) is 3.21. The second kappa shape index (κ2) is 9.80. The number of aryl methyl sites for hydroxylation is 1. The second-order valence-electron chi connectivity index (χ2n) is 7.52. The molecule has 0 aromatic heterocycles. The van der Waals surface area contributed by atoms with Crippen molar-refractivity contribution in [1.29, 1.82) is 0 Å². The summed E-state index contributed by atoms with van der Waals surface area (Å²) in [6.45, 7) is 2.80. The van der Waals surface area contributed by atoms with Gasteiger partial charge in [0.2, 0.25) is 15.9 Å². The van der Waals surface area contributed by atoms with Crippen LogP contribution in [-0.4, -0.2) is 51.8 Å². The molecule has 0 bridgehead atoms. The highest BCUT2D eigenvalue weighted by Crippen LogP contribution is 2.21. The third-order valence-corrected chi connectivity index (χ3v) is 8.76. The maximum Gasteiger partial charge on any atom is 0.269 e. The SMILES string of the molecule is Cc1ccc(S(=O)(=O)CCC(=O)NNC(=O)c2ccc(S(=O)(=O)N3CCCC3)cc2)cc1. The van der Waals surface area contributed by atoms with Crippen molar-refractivity contribution in [3.63, 3.8) is 0 Å². The number of carbonyl (C=O) groups excluding carboxylic acids is 2. The van der Waals surface area contributed by atoms with Crippen LogP contribution >= 0.6 is 0 Å². The van der Waals surface area contributed by atoms with Gasteiger partial charge in [-0.1, -0.05) is 17.7 Å². The molecule has 1 aliphatic heterocycles. The third-order valence-electron chi connectivity index (χ3n) is 5.11. The number of hydrogen-bond acceptors (Lipinski definition) is 6. The summed E-state index contributed by atoms with van der Waals surface area (Å²) in [5.74, 6) is -1.71. The highest BCUT2D eigenvalue weighted by molar-refractivity contribution is 7.91. The predicted molar refractivity (Wildman–Crippen MR) is 118 cm³/mol. The van der Waals surface area contributed by atoms with E-state index in [0.717, 1.165) is 18.4 Å². The average Bonchev–Trinajstić information content (AvgIpc) is 3.32. The van der Waals surface area contributed by atoms with Crippen LogP contribution in [0.4, 0.5) is 0 Å². The molecule has 3 rings (SSSR count). The Morgan fingerprint density at radius 1 is 0.844 bits per heavy atom. The Morgan fingerprint density at radius 3 is 2.00 bits per heavy atom. The van der Waals surface area contributed by atoms with Crippen LogP contribution in [0.15, 0.2) is 58.3 Å². The van der Waals surface area contributed by atoms with Gasteiger partial charge in [-0.05, 0) is 56.2 Å². The molecular weight excluding hydrogens is 454 g/mol. The summed E-state index contributed by atoms with van der Waals surface area (Å²) in [6.07, 6.45) is 1.32. The molecule has 1 fully saturated rings. The summed E-state index contributed by atoms with van der Waals surface area (Å²) in [5.41, 5.74) is 5.45. The van der Waals surface area contributed by atoms with Gasteiger partial charge in [-0.3, -0.25) is 20.4 Å². The first-order valence-corrected chi connectivity index (χ1v) is 13.2. The Kier molecular flexibility index (Phi) is 7.32. The smallest absolute Gasteiger partial charge is 0.269 e. The standard InChI is InChI=1S/C21H25N3O6S2/c1-16-4-8-18(9-5-16)31(27,28)15-12-20(25)22-23-21(26)17-6-10-19(11-7-17)32(29,30)24-13-2-3-14-24/h4-11H,2-3,12-15H2,1H3,(H,22,25)(H,23,26). The van der Waals surface area contributed by atoms with Crippen molar-refractivity contribution in [3.8, 4) is 0 Å². The molecule has 2 N–H and O–H groups in total. The molecule has 32 heavy (non-hydrogen) atoms. The van der Waals surface area contributed by atoms with Gasteiger partial charge >= 0.3 is 0 Å². The Hall–Kier alpha value is -2.76. The first-order chi connectivity index (χ1) is 15.1. The van der Waals surface area contributed by atoms with E-state index in [4.69, 9.17) is 0 Å². The number of rotatable bonds is 7. The van der Waals surface area contributed by atoms with Gasteiger partial charge in [0.15, 0.2) is 9.84 Å². The summed E-state index contributed by atoms with van der Waals surface area (Å²) in [6, 6.07) is 11.7. The lowest BCUT2D eigenvalue weighted by Crippen LogP contribution is -2.42. The normalized spacial score (nSPS) is 14.8. The van der Waals surface area contributed by atoms with Crippen molar-refractivity contribution < 1.29 is 26.4 Å². The van der Waals surface area contributed by atoms with Gasteiger partial charge in [0.1, 0.15) is 0 Å². The van der Waals surface area contributed by atoms with Crippen LogP contribution in [0.25, 0.3) is 0 Å². The number of hydrazine groups is 1. The molecule has 0 spiro atoms. The number of hydrogen-bond donors (Lipinski definition) is 2. The van der Waals surface area contributed by atoms with Crippen LogP contribution in [0, 0.1) is 6.92 Å². The Balaban J connectivity index is 1.51. The summed E-state index contributed by atoms with van der Waals surface area (Å²) >= 11 is 0. The van der Waals surface area contributed by atoms with Gasteiger partial charge < -0.3 is 0 Å². The molecule has 9 nitrogen and oxygen atoms in total. The van der Waals surface area contributed by atoms with E-state index in [1.54, 1.807) is 12.1 Å². The molecule has 11 heteroatoms. The number of sulfone groups is 1. The van der Waals surface area contributed by atoms with Crippen molar-refractivity contribution >= 4 is 31.7 Å². The lowest BCUT2D eigenvalue weighted by Gasteiger charge is -2.15. The molecular formula is C21H25N3O6S2. The molecule has 1 saturated heterocycles. The molecule has 0 saturated carbocycles. The molecule has 1 aliphatic rings. The van der Waals surface area contributed by atoms with Crippen molar-refractivity contribution in [2.45, 2.75) is 36.0 Å². The van der Waals surface area contributed by atoms with Crippen molar-refractivity contribution in [3.05, 3.63) is 59.7 Å². The summed E-state index contributed by atoms with van der Waals surface area (Å²) < 4.78 is 51.0. The fourth-order valence-corrected chi connectivity index (χ4v) is 5.97. The van der Waals surface area contributed by atoms with Crippen molar-refractivity contribution in [2.75, 3.05) is 18.8 Å². The van der Waals surface area contributed by atoms with Gasteiger partial charge in [-0.2, -0.15) is 4.31 Å². The van der Waals surface area contributed by atoms with E-state index in [9.17, 15) is 26.4 Å². The first kappa shape index (κ1) is 23.9. The van der Waals surface area contributed by atoms with Crippen molar-refractivity contribution in [1.82, 2.24) is 15.2 Å². The minimum Gasteiger partial charge on any atom is -0.273 e. The highest BCUT2D eigenvalue weighted by Gasteiger charge is 2.27. The molecule has 0 atom stereocenters. The van der Waals surface area contributed by atoms with Crippen molar-refractivity contribution in [2.24, 2.45) is 0 Å². The second-order valence-corrected chi connectivity index (χ2v) is 11.6. The van der Waals surface area contributed by atoms with Gasteiger partial charge in [0.25, 0.3) is 5.91 Å². The topological polar surface area (TPSA) is 130 Å². The van der Waals surface area contributed by atoms with E-state index in [1.165, 1.54) is 40.7 Å². The van der Waals surface area contributed by atoms with Gasteiger partial charge in [-0.15, -0.1) is 0 Å². The third kappa shape index (κ3) is 5.72. The van der Waals surface area contributed by atoms with E-state index in [1.807, 2.05) is 6.92 Å². The molecule has 0 aliphatic carbocycles. The van der Waals surface area contributed by atoms with E-state index < -0.39 is 37.4 Å². The molecule has 1 heterocycles. The zero-order valence-electron chi connectivity index (χ0n) is 17.6. The van der Waals surface area contributed by atoms with Gasteiger partial charge in [0, 0.05) is 25.1 Å². The zero-order valence-corrected chi connectivity index (χ0v) is 19.2. The molecule has 2 aromatic rings. The molecule has 2 aromatic carbocycles. The largest absolute Gasteiger partial charge is 0.273 e. The van der Waals surface area contributed by atoms with Crippen LogP contribution in [0.2, 0.25) is 0 Å². The van der Waals surface area contributed by atoms with Crippen LogP contribution < -0.4 is 10.9 Å². The van der Waals surface area contributed by atoms with E-state index in [0.29, 0.717) is 13.1 Å². The van der Waals surface area contributed by atoms with E-state index >= 15 is 0 Å². The Labute approximate surface area is 187 Å². The predicted octanol–water partition coefficient (Wildman–Crippen LogP) is 1.40. The minimum absolute atomic E-state index is 0.0984. The van der Waals surface area contributed by atoms with Gasteiger partial charge in [0.05, 0.1) is 15.5 Å². The Morgan fingerprint density at radius 2 is 1.41 bits per heavy atom. The molecule has 172 valence electrons. The summed E-state index contributed by atoms with van der Waals surface area (Å²) in [5, 5.41) is 0. The summed E-state index contributed by atoms with van der Waals surface area (Å²) in [7, 11) is -7.20. The van der Waals surface area contributed by atoms with Crippen LogP contribution in [0.3, 0.4) is 0 Å². The van der Waals surface area contributed by atoms with Crippen LogP contribution in [0.1, 0.15) is 35.2 Å². The van der Waals surface area contributed by atoms with Gasteiger partial charge in [-0.25, -0.2) is 16.8 Å². The maximum atomic E-state index is 12.5. The minimum atomic E-state index is -3.62. The van der Waals surface area contributed by atoms with Crippen LogP contribution in [-0.2, 0) is 24.7 Å².